The van der Waals surface area contributed by atoms with E-state index in [4.69, 9.17) is 23.2 Å². The molecule has 0 bridgehead atoms. The van der Waals surface area contributed by atoms with Gasteiger partial charge in [-0.3, -0.25) is 4.72 Å². The Morgan fingerprint density at radius 2 is 2.03 bits per heavy atom. The molecule has 1 aliphatic heterocycles. The van der Waals surface area contributed by atoms with Crippen LogP contribution in [0, 0.1) is 5.82 Å². The van der Waals surface area contributed by atoms with Crippen LogP contribution in [0.25, 0.3) is 0 Å². The molecule has 4 rings (SSSR count). The van der Waals surface area contributed by atoms with Crippen molar-refractivity contribution in [2.75, 3.05) is 34.6 Å². The summed E-state index contributed by atoms with van der Waals surface area (Å²) in [5.41, 5.74) is 3.24. The molecule has 3 aromatic rings. The number of anilines is 4. The van der Waals surface area contributed by atoms with Crippen molar-refractivity contribution >= 4 is 79.8 Å². The Balaban J connectivity index is 0.00000306. The van der Waals surface area contributed by atoms with Crippen molar-refractivity contribution in [2.24, 2.45) is 0 Å². The van der Waals surface area contributed by atoms with Crippen molar-refractivity contribution in [3.63, 3.8) is 0 Å². The lowest BCUT2D eigenvalue weighted by atomic mass is 10.1. The minimum Gasteiger partial charge on any atom is -0.365 e. The molecule has 7 nitrogen and oxygen atoms in total. The van der Waals surface area contributed by atoms with Gasteiger partial charge in [-0.1, -0.05) is 23.2 Å². The molecule has 2 heterocycles. The van der Waals surface area contributed by atoms with Crippen molar-refractivity contribution in [1.29, 1.82) is 0 Å². The maximum absolute atomic E-state index is 14.9. The highest BCUT2D eigenvalue weighted by Gasteiger charge is 2.24. The molecule has 2 aromatic carbocycles. The third-order valence-electron chi connectivity index (χ3n) is 5.02. The molecule has 1 fully saturated rings. The smallest absolute Gasteiger partial charge is 0.266 e. The summed E-state index contributed by atoms with van der Waals surface area (Å²) in [6.45, 7) is 4.51. The van der Waals surface area contributed by atoms with E-state index in [1.54, 1.807) is 12.1 Å². The summed E-state index contributed by atoms with van der Waals surface area (Å²) >= 11 is 13.8. The third-order valence-corrected chi connectivity index (χ3v) is 7.53. The largest absolute Gasteiger partial charge is 0.365 e. The molecule has 0 radical (unpaired) electrons. The average molecular weight is 553 g/mol. The van der Waals surface area contributed by atoms with Gasteiger partial charge in [0.15, 0.2) is 5.82 Å². The number of nitrogens with one attached hydrogen (secondary N) is 3. The topological polar surface area (TPSA) is 86.4 Å². The Kier molecular flexibility index (Phi) is 8.31. The summed E-state index contributed by atoms with van der Waals surface area (Å²) < 4.78 is 42.3. The maximum atomic E-state index is 14.9. The van der Waals surface area contributed by atoms with Crippen molar-refractivity contribution in [2.45, 2.75) is 17.9 Å². The number of rotatable bonds is 6. The van der Waals surface area contributed by atoms with Crippen LogP contribution in [-0.2, 0) is 10.0 Å². The fourth-order valence-corrected chi connectivity index (χ4v) is 5.56. The molecule has 1 unspecified atom stereocenters. The zero-order valence-electron chi connectivity index (χ0n) is 17.3. The van der Waals surface area contributed by atoms with Crippen molar-refractivity contribution < 1.29 is 12.8 Å². The number of hydrogen-bond acceptors (Lipinski definition) is 7. The fourth-order valence-electron chi connectivity index (χ4n) is 3.48. The number of piperazine rings is 1. The van der Waals surface area contributed by atoms with Gasteiger partial charge in [-0.05, 0) is 31.2 Å². The molecule has 1 aromatic heterocycles. The van der Waals surface area contributed by atoms with E-state index in [1.165, 1.54) is 22.2 Å². The first-order valence-corrected chi connectivity index (χ1v) is 12.9. The Morgan fingerprint density at radius 1 is 1.24 bits per heavy atom. The zero-order valence-corrected chi connectivity index (χ0v) is 21.3. The molecule has 33 heavy (non-hydrogen) atoms. The van der Waals surface area contributed by atoms with Crippen LogP contribution in [0.2, 0.25) is 10.0 Å². The standard InChI is InChI=1S/C20H20Cl2FN5O2S2.ClH/c1-12-9-24-4-5-28(12)18-6-13(21)2-3-16(18)26-17-8-15(23)19(7-14(17)22)32(29,30)27-20-10-31-11-25-20;/h2-3,6-8,10-12,24,26-27H,4-5,9H2,1H3;1H. The quantitative estimate of drug-likeness (QED) is 0.382. The summed E-state index contributed by atoms with van der Waals surface area (Å²) in [6.07, 6.45) is 0. The second-order valence-corrected chi connectivity index (χ2v) is 10.5. The molecule has 0 aliphatic carbocycles. The Morgan fingerprint density at radius 3 is 2.73 bits per heavy atom. The van der Waals surface area contributed by atoms with Crippen LogP contribution >= 0.6 is 46.9 Å². The number of nitrogens with zero attached hydrogens (tertiary/aromatic N) is 2. The summed E-state index contributed by atoms with van der Waals surface area (Å²) in [4.78, 5) is 5.50. The third kappa shape index (κ3) is 5.82. The predicted octanol–water partition coefficient (Wildman–Crippen LogP) is 5.35. The van der Waals surface area contributed by atoms with Crippen molar-refractivity contribution in [1.82, 2.24) is 10.3 Å². The molecule has 0 saturated carbocycles. The van der Waals surface area contributed by atoms with E-state index in [2.05, 4.69) is 32.2 Å². The molecule has 13 heteroatoms. The van der Waals surface area contributed by atoms with Crippen LogP contribution in [0.1, 0.15) is 6.92 Å². The number of benzene rings is 2. The summed E-state index contributed by atoms with van der Waals surface area (Å²) in [7, 11) is -4.19. The molecule has 178 valence electrons. The lowest BCUT2D eigenvalue weighted by molar-refractivity contribution is 0.501. The second-order valence-electron chi connectivity index (χ2n) is 7.27. The van der Waals surface area contributed by atoms with Gasteiger partial charge in [-0.2, -0.15) is 0 Å². The minimum absolute atomic E-state index is 0. The predicted molar refractivity (Wildman–Crippen MR) is 136 cm³/mol. The second kappa shape index (κ2) is 10.6. The number of halogens is 4. The molecule has 0 spiro atoms. The van der Waals surface area contributed by atoms with E-state index in [-0.39, 0.29) is 35.0 Å². The molecular formula is C20H21Cl3FN5O2S2. The number of sulfonamides is 1. The van der Waals surface area contributed by atoms with Gasteiger partial charge >= 0.3 is 0 Å². The van der Waals surface area contributed by atoms with E-state index in [0.29, 0.717) is 10.7 Å². The van der Waals surface area contributed by atoms with Crippen LogP contribution in [0.5, 0.6) is 0 Å². The van der Waals surface area contributed by atoms with Gasteiger partial charge in [0.05, 0.1) is 27.6 Å². The Labute approximate surface area is 211 Å². The van der Waals surface area contributed by atoms with Crippen molar-refractivity contribution in [3.05, 3.63) is 57.1 Å². The first kappa shape index (κ1) is 25.8. The van der Waals surface area contributed by atoms with E-state index in [1.807, 2.05) is 6.07 Å². The molecular weight excluding hydrogens is 532 g/mol. The van der Waals surface area contributed by atoms with Gasteiger partial charge in [-0.15, -0.1) is 23.7 Å². The SMILES string of the molecule is CC1CNCCN1c1cc(Cl)ccc1Nc1cc(F)c(S(=O)(=O)Nc2cscn2)cc1Cl.Cl. The van der Waals surface area contributed by atoms with E-state index < -0.39 is 20.7 Å². The van der Waals surface area contributed by atoms with Crippen LogP contribution in [-0.4, -0.2) is 39.1 Å². The van der Waals surface area contributed by atoms with Gasteiger partial charge in [0.2, 0.25) is 0 Å². The molecule has 1 atom stereocenters. The van der Waals surface area contributed by atoms with E-state index in [9.17, 15) is 12.8 Å². The molecule has 0 amide bonds. The fraction of sp³-hybridized carbons (Fsp3) is 0.250. The summed E-state index contributed by atoms with van der Waals surface area (Å²) in [6, 6.07) is 7.72. The van der Waals surface area contributed by atoms with Crippen LogP contribution < -0.4 is 20.3 Å². The van der Waals surface area contributed by atoms with E-state index in [0.717, 1.165) is 37.5 Å². The van der Waals surface area contributed by atoms with E-state index >= 15 is 0 Å². The zero-order chi connectivity index (χ0) is 22.9. The van der Waals surface area contributed by atoms with Crippen molar-refractivity contribution in [3.8, 4) is 0 Å². The lowest BCUT2D eigenvalue weighted by Gasteiger charge is -2.37. The normalized spacial score (nSPS) is 16.2. The monoisotopic (exact) mass is 551 g/mol. The first-order valence-electron chi connectivity index (χ1n) is 9.68. The lowest BCUT2D eigenvalue weighted by Crippen LogP contribution is -2.50. The molecule has 1 aliphatic rings. The first-order chi connectivity index (χ1) is 15.2. The highest BCUT2D eigenvalue weighted by Crippen LogP contribution is 2.37. The van der Waals surface area contributed by atoms with Crippen LogP contribution in [0.15, 0.2) is 46.1 Å². The maximum Gasteiger partial charge on any atom is 0.266 e. The summed E-state index contributed by atoms with van der Waals surface area (Å²) in [5.74, 6) is -0.825. The van der Waals surface area contributed by atoms with Gasteiger partial charge < -0.3 is 15.5 Å². The molecule has 3 N–H and O–H groups in total. The highest BCUT2D eigenvalue weighted by atomic mass is 35.5. The molecule has 1 saturated heterocycles. The number of hydrogen-bond donors (Lipinski definition) is 3. The highest BCUT2D eigenvalue weighted by molar-refractivity contribution is 7.92. The van der Waals surface area contributed by atoms with Crippen LogP contribution in [0.3, 0.4) is 0 Å². The Bertz CT molecular complexity index is 1230. The Hall–Kier alpha value is -1.82. The van der Waals surface area contributed by atoms with Gasteiger partial charge in [0.1, 0.15) is 10.7 Å². The van der Waals surface area contributed by atoms with Gasteiger partial charge in [-0.25, -0.2) is 17.8 Å². The minimum atomic E-state index is -4.19. The number of thiazole rings is 1. The average Bonchev–Trinajstić information content (AvgIpc) is 3.24. The van der Waals surface area contributed by atoms with Gasteiger partial charge in [0.25, 0.3) is 10.0 Å². The number of aromatic nitrogens is 1. The van der Waals surface area contributed by atoms with Crippen LogP contribution in [0.4, 0.5) is 27.3 Å². The summed E-state index contributed by atoms with van der Waals surface area (Å²) in [5, 5.41) is 8.60. The van der Waals surface area contributed by atoms with Gasteiger partial charge in [0, 0.05) is 42.1 Å².